The van der Waals surface area contributed by atoms with E-state index < -0.39 is 11.8 Å². The second-order valence-corrected chi connectivity index (χ2v) is 6.57. The summed E-state index contributed by atoms with van der Waals surface area (Å²) in [5, 5.41) is 1.83. The first kappa shape index (κ1) is 17.1. The van der Waals surface area contributed by atoms with Gasteiger partial charge in [-0.3, -0.25) is 15.0 Å². The number of amides is 2. The average Bonchev–Trinajstić information content (AvgIpc) is 3.24. The molecule has 2 aromatic carbocycles. The highest BCUT2D eigenvalue weighted by molar-refractivity contribution is 6.31. The number of hydrazine groups is 1. The van der Waals surface area contributed by atoms with Crippen LogP contribution in [0.4, 0.5) is 5.69 Å². The van der Waals surface area contributed by atoms with E-state index in [2.05, 4.69) is 5.43 Å². The summed E-state index contributed by atoms with van der Waals surface area (Å²) in [6.45, 7) is 1.96. The van der Waals surface area contributed by atoms with Gasteiger partial charge in [0.05, 0.1) is 5.69 Å². The van der Waals surface area contributed by atoms with Crippen LogP contribution in [0.15, 0.2) is 70.7 Å². The van der Waals surface area contributed by atoms with Crippen molar-refractivity contribution in [3.8, 4) is 11.3 Å². The molecule has 6 heteroatoms. The number of nitrogens with one attached hydrogen (secondary N) is 1. The number of benzene rings is 2. The van der Waals surface area contributed by atoms with Gasteiger partial charge < -0.3 is 4.42 Å². The van der Waals surface area contributed by atoms with Crippen LogP contribution in [0, 0.1) is 6.92 Å². The van der Waals surface area contributed by atoms with Gasteiger partial charge in [-0.15, -0.1) is 0 Å². The van der Waals surface area contributed by atoms with Crippen LogP contribution in [0.3, 0.4) is 0 Å². The van der Waals surface area contributed by atoms with Gasteiger partial charge in [0.15, 0.2) is 0 Å². The highest BCUT2D eigenvalue weighted by Crippen LogP contribution is 2.29. The maximum Gasteiger partial charge on any atom is 0.282 e. The highest BCUT2D eigenvalue weighted by Gasteiger charge is 2.34. The van der Waals surface area contributed by atoms with Gasteiger partial charge in [-0.2, -0.15) is 0 Å². The Kier molecular flexibility index (Phi) is 4.30. The van der Waals surface area contributed by atoms with Gasteiger partial charge >= 0.3 is 0 Å². The lowest BCUT2D eigenvalue weighted by Crippen LogP contribution is -2.35. The summed E-state index contributed by atoms with van der Waals surface area (Å²) < 4.78 is 5.82. The van der Waals surface area contributed by atoms with Gasteiger partial charge in [0.1, 0.15) is 17.1 Å². The third-order valence-corrected chi connectivity index (χ3v) is 4.52. The fourth-order valence-electron chi connectivity index (χ4n) is 2.89. The van der Waals surface area contributed by atoms with Crippen molar-refractivity contribution >= 4 is 35.2 Å². The number of nitrogens with zero attached hydrogens (tertiary/aromatic N) is 1. The summed E-state index contributed by atoms with van der Waals surface area (Å²) in [6.07, 6.45) is 1.45. The zero-order valence-electron chi connectivity index (χ0n) is 14.4. The molecule has 0 bridgehead atoms. The molecule has 0 saturated carbocycles. The predicted molar refractivity (Wildman–Crippen MR) is 104 cm³/mol. The monoisotopic (exact) mass is 378 g/mol. The largest absolute Gasteiger partial charge is 0.457 e. The highest BCUT2D eigenvalue weighted by atomic mass is 35.5. The Morgan fingerprint density at radius 1 is 1.04 bits per heavy atom. The number of carbonyl (C=O) groups is 2. The summed E-state index contributed by atoms with van der Waals surface area (Å²) in [7, 11) is 0. The van der Waals surface area contributed by atoms with Gasteiger partial charge in [0.2, 0.25) is 0 Å². The molecule has 3 aromatic rings. The van der Waals surface area contributed by atoms with E-state index in [1.165, 1.54) is 11.1 Å². The van der Waals surface area contributed by atoms with Gasteiger partial charge in [0.25, 0.3) is 11.8 Å². The van der Waals surface area contributed by atoms with Gasteiger partial charge in [-0.05, 0) is 55.0 Å². The first-order chi connectivity index (χ1) is 13.0. The van der Waals surface area contributed by atoms with E-state index in [1.807, 2.05) is 31.2 Å². The lowest BCUT2D eigenvalue weighted by atomic mass is 10.1. The second kappa shape index (κ2) is 6.78. The fourth-order valence-corrected chi connectivity index (χ4v) is 3.07. The molecule has 0 unspecified atom stereocenters. The van der Waals surface area contributed by atoms with Crippen molar-refractivity contribution in [2.75, 3.05) is 5.01 Å². The van der Waals surface area contributed by atoms with E-state index >= 15 is 0 Å². The topological polar surface area (TPSA) is 62.6 Å². The number of aryl methyl sites for hydroxylation is 1. The van der Waals surface area contributed by atoms with E-state index in [1.54, 1.807) is 36.4 Å². The van der Waals surface area contributed by atoms with E-state index in [4.69, 9.17) is 16.0 Å². The minimum Gasteiger partial charge on any atom is -0.457 e. The van der Waals surface area contributed by atoms with Crippen molar-refractivity contribution in [3.05, 3.63) is 82.6 Å². The summed E-state index contributed by atoms with van der Waals surface area (Å²) >= 11 is 6.07. The number of rotatable bonds is 3. The molecule has 0 aliphatic carbocycles. The minimum atomic E-state index is -0.472. The number of halogens is 1. The van der Waals surface area contributed by atoms with Gasteiger partial charge in [-0.1, -0.05) is 35.9 Å². The molecule has 4 rings (SSSR count). The van der Waals surface area contributed by atoms with Crippen LogP contribution in [0.25, 0.3) is 17.4 Å². The van der Waals surface area contributed by atoms with Crippen LogP contribution < -0.4 is 10.4 Å². The minimum absolute atomic E-state index is 0.0163. The molecule has 134 valence electrons. The van der Waals surface area contributed by atoms with Gasteiger partial charge in [0, 0.05) is 10.6 Å². The molecular weight excluding hydrogens is 364 g/mol. The first-order valence-corrected chi connectivity index (χ1v) is 8.69. The molecule has 2 heterocycles. The molecule has 1 aromatic heterocycles. The molecule has 1 fully saturated rings. The molecule has 1 aliphatic heterocycles. The molecule has 27 heavy (non-hydrogen) atoms. The fraction of sp³-hybridized carbons (Fsp3) is 0.0476. The van der Waals surface area contributed by atoms with E-state index in [0.29, 0.717) is 22.2 Å². The van der Waals surface area contributed by atoms with E-state index in [9.17, 15) is 9.59 Å². The summed E-state index contributed by atoms with van der Waals surface area (Å²) in [6, 6.07) is 18.0. The molecule has 2 amide bonds. The van der Waals surface area contributed by atoms with Crippen molar-refractivity contribution in [1.82, 2.24) is 5.43 Å². The molecule has 0 radical (unpaired) electrons. The summed E-state index contributed by atoms with van der Waals surface area (Å²) in [5.41, 5.74) is 5.04. The van der Waals surface area contributed by atoms with E-state index in [0.717, 1.165) is 11.1 Å². The van der Waals surface area contributed by atoms with Crippen molar-refractivity contribution in [2.45, 2.75) is 6.92 Å². The quantitative estimate of drug-likeness (QED) is 0.543. The number of carbonyl (C=O) groups excluding carboxylic acids is 2. The standard InChI is InChI=1S/C21H15ClN2O3/c1-13-7-8-14(22)11-17(13)19-10-9-16(27-19)12-18-20(25)23-24(21(18)26)15-5-3-2-4-6-15/h2-12H,1H3,(H,23,25)/b18-12-. The van der Waals surface area contributed by atoms with Crippen LogP contribution in [0.2, 0.25) is 5.02 Å². The molecule has 0 spiro atoms. The van der Waals surface area contributed by atoms with Crippen LogP contribution in [-0.2, 0) is 9.59 Å². The Balaban J connectivity index is 1.64. The zero-order valence-corrected chi connectivity index (χ0v) is 15.2. The lowest BCUT2D eigenvalue weighted by molar-refractivity contribution is -0.117. The van der Waals surface area contributed by atoms with Crippen molar-refractivity contribution < 1.29 is 14.0 Å². The Labute approximate surface area is 160 Å². The Hall–Kier alpha value is -3.31. The Morgan fingerprint density at radius 3 is 2.59 bits per heavy atom. The molecular formula is C21H15ClN2O3. The van der Waals surface area contributed by atoms with Gasteiger partial charge in [-0.25, -0.2) is 5.01 Å². The third kappa shape index (κ3) is 3.25. The Bertz CT molecular complexity index is 1070. The van der Waals surface area contributed by atoms with Crippen molar-refractivity contribution in [3.63, 3.8) is 0 Å². The average molecular weight is 379 g/mol. The maximum atomic E-state index is 12.6. The third-order valence-electron chi connectivity index (χ3n) is 4.28. The number of para-hydroxylation sites is 1. The molecule has 1 N–H and O–H groups in total. The SMILES string of the molecule is Cc1ccc(Cl)cc1-c1ccc(/C=C2/C(=O)NN(c3ccccc3)C2=O)o1. The Morgan fingerprint density at radius 2 is 1.81 bits per heavy atom. The number of furan rings is 1. The lowest BCUT2D eigenvalue weighted by Gasteiger charge is -2.13. The summed E-state index contributed by atoms with van der Waals surface area (Å²) in [4.78, 5) is 24.9. The zero-order chi connectivity index (χ0) is 19.0. The molecule has 1 saturated heterocycles. The number of anilines is 1. The maximum absolute atomic E-state index is 12.6. The van der Waals surface area contributed by atoms with Crippen LogP contribution >= 0.6 is 11.6 Å². The van der Waals surface area contributed by atoms with Crippen LogP contribution in [0.5, 0.6) is 0 Å². The molecule has 0 atom stereocenters. The smallest absolute Gasteiger partial charge is 0.282 e. The second-order valence-electron chi connectivity index (χ2n) is 6.14. The van der Waals surface area contributed by atoms with Crippen LogP contribution in [0.1, 0.15) is 11.3 Å². The normalized spacial score (nSPS) is 15.5. The molecule has 1 aliphatic rings. The first-order valence-electron chi connectivity index (χ1n) is 8.31. The van der Waals surface area contributed by atoms with Crippen molar-refractivity contribution in [2.24, 2.45) is 0 Å². The number of hydrogen-bond acceptors (Lipinski definition) is 3. The molecule has 5 nitrogen and oxygen atoms in total. The predicted octanol–water partition coefficient (Wildman–Crippen LogP) is 4.37. The summed E-state index contributed by atoms with van der Waals surface area (Å²) in [5.74, 6) is 0.134. The van der Waals surface area contributed by atoms with Crippen LogP contribution in [-0.4, -0.2) is 11.8 Å². The number of hydrogen-bond donors (Lipinski definition) is 1. The van der Waals surface area contributed by atoms with Crippen molar-refractivity contribution in [1.29, 1.82) is 0 Å². The van der Waals surface area contributed by atoms with E-state index in [-0.39, 0.29) is 5.57 Å².